The highest BCUT2D eigenvalue weighted by molar-refractivity contribution is 6.01. The zero-order valence-corrected chi connectivity index (χ0v) is 20.5. The number of halogens is 2. The Hall–Kier alpha value is -3.38. The molecule has 1 atom stereocenters. The van der Waals surface area contributed by atoms with Gasteiger partial charge in [-0.25, -0.2) is 4.39 Å². The second kappa shape index (κ2) is 10.7. The van der Waals surface area contributed by atoms with Crippen molar-refractivity contribution in [3.63, 3.8) is 0 Å². The lowest BCUT2D eigenvalue weighted by Gasteiger charge is -2.19. The minimum Gasteiger partial charge on any atom is -0.508 e. The summed E-state index contributed by atoms with van der Waals surface area (Å²) in [6.07, 6.45) is 2.18. The Morgan fingerprint density at radius 1 is 1.08 bits per heavy atom. The summed E-state index contributed by atoms with van der Waals surface area (Å²) in [7, 11) is 0. The van der Waals surface area contributed by atoms with Gasteiger partial charge in [-0.05, 0) is 77.9 Å². The van der Waals surface area contributed by atoms with Crippen molar-refractivity contribution in [1.29, 1.82) is 0 Å². The third-order valence-electron chi connectivity index (χ3n) is 7.02. The van der Waals surface area contributed by atoms with E-state index in [2.05, 4.69) is 4.90 Å². The van der Waals surface area contributed by atoms with Gasteiger partial charge in [0.1, 0.15) is 29.2 Å². The lowest BCUT2D eigenvalue weighted by atomic mass is 9.86. The molecule has 1 saturated heterocycles. The van der Waals surface area contributed by atoms with Crippen LogP contribution in [0.5, 0.6) is 17.2 Å². The van der Waals surface area contributed by atoms with Crippen LogP contribution in [-0.2, 0) is 0 Å². The molecule has 0 aliphatic carbocycles. The Kier molecular flexibility index (Phi) is 7.23. The van der Waals surface area contributed by atoms with E-state index in [1.807, 2.05) is 36.4 Å². The summed E-state index contributed by atoms with van der Waals surface area (Å²) in [6, 6.07) is 18.3. The molecule has 0 unspecified atom stereocenters. The fourth-order valence-corrected chi connectivity index (χ4v) is 5.19. The topological polar surface area (TPSA) is 41.9 Å². The molecule has 2 heterocycles. The molecule has 2 aliphatic rings. The van der Waals surface area contributed by atoms with Crippen molar-refractivity contribution in [2.24, 2.45) is 0 Å². The third kappa shape index (κ3) is 5.09. The summed E-state index contributed by atoms with van der Waals surface area (Å²) in [5, 5.41) is 10.1. The van der Waals surface area contributed by atoms with Gasteiger partial charge in [0.25, 0.3) is 0 Å². The maximum atomic E-state index is 14.5. The summed E-state index contributed by atoms with van der Waals surface area (Å²) in [6.45, 7) is 4.44. The van der Waals surface area contributed by atoms with Crippen molar-refractivity contribution in [2.75, 3.05) is 32.9 Å². The van der Waals surface area contributed by atoms with Crippen LogP contribution >= 0.6 is 0 Å². The first-order chi connectivity index (χ1) is 17.5. The summed E-state index contributed by atoms with van der Waals surface area (Å²) in [5.74, 6) is 1.29. The molecule has 0 bridgehead atoms. The van der Waals surface area contributed by atoms with Gasteiger partial charge >= 0.3 is 0 Å². The second-order valence-corrected chi connectivity index (χ2v) is 9.44. The molecule has 2 aliphatic heterocycles. The Morgan fingerprint density at radius 3 is 2.72 bits per heavy atom. The van der Waals surface area contributed by atoms with Gasteiger partial charge in [-0.3, -0.25) is 9.29 Å². The highest BCUT2D eigenvalue weighted by Crippen LogP contribution is 2.43. The van der Waals surface area contributed by atoms with Gasteiger partial charge in [-0.15, -0.1) is 0 Å². The Balaban J connectivity index is 1.50. The summed E-state index contributed by atoms with van der Waals surface area (Å²) in [5.41, 5.74) is 5.25. The van der Waals surface area contributed by atoms with Crippen LogP contribution in [-0.4, -0.2) is 49.0 Å². The molecule has 188 valence electrons. The number of aromatic hydroxyl groups is 1. The molecule has 3 aromatic carbocycles. The molecule has 0 amide bonds. The van der Waals surface area contributed by atoms with Crippen LogP contribution in [0.3, 0.4) is 0 Å². The van der Waals surface area contributed by atoms with Crippen LogP contribution in [0.4, 0.5) is 8.78 Å². The molecule has 5 rings (SSSR count). The number of phenols is 1. The quantitative estimate of drug-likeness (QED) is 0.416. The first-order valence-corrected chi connectivity index (χ1v) is 12.5. The average Bonchev–Trinajstić information content (AvgIpc) is 3.24. The minimum absolute atomic E-state index is 0.0927. The van der Waals surface area contributed by atoms with E-state index in [1.54, 1.807) is 25.1 Å². The average molecular weight is 492 g/mol. The molecule has 6 heteroatoms. The number of rotatable bonds is 7. The van der Waals surface area contributed by atoms with Gasteiger partial charge in [0.15, 0.2) is 0 Å². The molecular formula is C30H31F2NO3. The highest BCUT2D eigenvalue weighted by Gasteiger charge is 2.25. The monoisotopic (exact) mass is 491 g/mol. The zero-order chi connectivity index (χ0) is 25.1. The van der Waals surface area contributed by atoms with Crippen LogP contribution in [0.2, 0.25) is 0 Å². The van der Waals surface area contributed by atoms with Gasteiger partial charge in [0, 0.05) is 37.7 Å². The lowest BCUT2D eigenvalue weighted by Crippen LogP contribution is -2.26. The minimum atomic E-state index is -0.287. The van der Waals surface area contributed by atoms with E-state index in [9.17, 15) is 13.9 Å². The fourth-order valence-electron chi connectivity index (χ4n) is 5.19. The molecule has 3 aromatic rings. The second-order valence-electron chi connectivity index (χ2n) is 9.44. The van der Waals surface area contributed by atoms with Gasteiger partial charge < -0.3 is 14.6 Å². The first kappa shape index (κ1) is 24.3. The molecule has 0 radical (unpaired) electrons. The van der Waals surface area contributed by atoms with E-state index < -0.39 is 0 Å². The number of phenolic OH excluding ortho intramolecular Hbond substituents is 1. The Labute approximate surface area is 210 Å². The van der Waals surface area contributed by atoms with Gasteiger partial charge in [0.05, 0.1) is 13.3 Å². The summed E-state index contributed by atoms with van der Waals surface area (Å²) < 4.78 is 39.3. The predicted molar refractivity (Wildman–Crippen MR) is 138 cm³/mol. The first-order valence-electron chi connectivity index (χ1n) is 12.5. The van der Waals surface area contributed by atoms with Crippen molar-refractivity contribution in [3.05, 3.63) is 88.7 Å². The van der Waals surface area contributed by atoms with Crippen LogP contribution in [0.25, 0.3) is 11.1 Å². The maximum absolute atomic E-state index is 14.5. The van der Waals surface area contributed by atoms with Gasteiger partial charge in [-0.1, -0.05) is 24.3 Å². The van der Waals surface area contributed by atoms with Crippen LogP contribution in [0.15, 0.2) is 60.7 Å². The molecule has 1 N–H and O–H groups in total. The van der Waals surface area contributed by atoms with Gasteiger partial charge in [0.2, 0.25) is 0 Å². The number of fused-ring (bicyclic) bond motifs is 1. The summed E-state index contributed by atoms with van der Waals surface area (Å²) >= 11 is 0. The molecular weight excluding hydrogens is 460 g/mol. The van der Waals surface area contributed by atoms with Crippen molar-refractivity contribution < 1.29 is 23.4 Å². The third-order valence-corrected chi connectivity index (χ3v) is 7.02. The van der Waals surface area contributed by atoms with Crippen LogP contribution in [0.1, 0.15) is 41.5 Å². The number of nitrogens with zero attached hydrogens (tertiary/aromatic N) is 1. The number of likely N-dealkylation sites (tertiary alicyclic amines) is 1. The smallest absolute Gasteiger partial charge is 0.130 e. The van der Waals surface area contributed by atoms with E-state index in [1.165, 1.54) is 6.07 Å². The lowest BCUT2D eigenvalue weighted by molar-refractivity contribution is 0.198. The van der Waals surface area contributed by atoms with E-state index in [4.69, 9.17) is 9.47 Å². The number of alkyl halides is 1. The van der Waals surface area contributed by atoms with E-state index >= 15 is 0 Å². The predicted octanol–water partition coefficient (Wildman–Crippen LogP) is 6.39. The number of benzene rings is 3. The zero-order valence-electron chi connectivity index (χ0n) is 20.5. The molecule has 0 aromatic heterocycles. The molecule has 0 saturated carbocycles. The number of ether oxygens (including phenoxy) is 2. The highest BCUT2D eigenvalue weighted by atomic mass is 19.1. The van der Waals surface area contributed by atoms with E-state index in [0.29, 0.717) is 30.8 Å². The van der Waals surface area contributed by atoms with Crippen molar-refractivity contribution >= 4 is 11.1 Å². The van der Waals surface area contributed by atoms with E-state index in [0.717, 1.165) is 59.6 Å². The molecule has 36 heavy (non-hydrogen) atoms. The molecule has 1 fully saturated rings. The van der Waals surface area contributed by atoms with Crippen LogP contribution < -0.4 is 9.47 Å². The standard InChI is InChI=1S/C30H31F2NO3/c1-20-25(4-2-5-28(20)32)26-13-17-35-29-18-22(34)8-11-27(29)30(26)21-6-9-23(10-7-21)36-24-12-16-33(19-24)15-3-14-31/h2,4-11,18,24,34H,3,12-17,19H2,1H3/t24-/m0/s1. The summed E-state index contributed by atoms with van der Waals surface area (Å²) in [4.78, 5) is 2.24. The van der Waals surface area contributed by atoms with Crippen molar-refractivity contribution in [2.45, 2.75) is 32.3 Å². The van der Waals surface area contributed by atoms with Crippen molar-refractivity contribution in [1.82, 2.24) is 4.90 Å². The number of hydrogen-bond donors (Lipinski definition) is 1. The maximum Gasteiger partial charge on any atom is 0.130 e. The SMILES string of the molecule is Cc1c(F)cccc1C1=C(c2ccc(O[C@H]3CCN(CCCF)C3)cc2)c2ccc(O)cc2OCC1. The fraction of sp³-hybridized carbons (Fsp3) is 0.333. The molecule has 4 nitrogen and oxygen atoms in total. The van der Waals surface area contributed by atoms with E-state index in [-0.39, 0.29) is 24.3 Å². The largest absolute Gasteiger partial charge is 0.508 e. The number of hydrogen-bond acceptors (Lipinski definition) is 4. The Bertz CT molecular complexity index is 1260. The Morgan fingerprint density at radius 2 is 1.92 bits per heavy atom. The van der Waals surface area contributed by atoms with Gasteiger partial charge in [-0.2, -0.15) is 0 Å². The normalized spacial score (nSPS) is 18.0. The van der Waals surface area contributed by atoms with Crippen molar-refractivity contribution in [3.8, 4) is 17.2 Å². The van der Waals surface area contributed by atoms with Crippen LogP contribution in [0, 0.1) is 12.7 Å². The molecule has 0 spiro atoms.